The highest BCUT2D eigenvalue weighted by molar-refractivity contribution is 5.96. The Bertz CT molecular complexity index is 455. The molecule has 0 amide bonds. The van der Waals surface area contributed by atoms with E-state index in [4.69, 9.17) is 10.9 Å². The number of nitrogens with zero attached hydrogens (tertiary/aromatic N) is 3. The lowest BCUT2D eigenvalue weighted by Gasteiger charge is -2.33. The van der Waals surface area contributed by atoms with Gasteiger partial charge in [-0.05, 0) is 31.0 Å². The van der Waals surface area contributed by atoms with Crippen molar-refractivity contribution in [1.82, 2.24) is 9.88 Å². The highest BCUT2D eigenvalue weighted by atomic mass is 16.4. The Hall–Kier alpha value is -1.62. The second kappa shape index (κ2) is 7.24. The van der Waals surface area contributed by atoms with Crippen LogP contribution in [0, 0.1) is 0 Å². The Labute approximate surface area is 120 Å². The molecule has 0 aromatic carbocycles. The Morgan fingerprint density at radius 1 is 1.45 bits per heavy atom. The van der Waals surface area contributed by atoms with E-state index in [1.807, 2.05) is 12.1 Å². The van der Waals surface area contributed by atoms with Gasteiger partial charge in [-0.2, -0.15) is 0 Å². The van der Waals surface area contributed by atoms with E-state index in [-0.39, 0.29) is 5.84 Å². The van der Waals surface area contributed by atoms with Crippen LogP contribution in [-0.2, 0) is 6.54 Å². The number of hydrogen-bond acceptors (Lipinski definition) is 4. The third-order valence-electron chi connectivity index (χ3n) is 4.11. The van der Waals surface area contributed by atoms with Crippen molar-refractivity contribution < 1.29 is 5.21 Å². The molecular weight excluding hydrogens is 252 g/mol. The Morgan fingerprint density at radius 3 is 2.85 bits per heavy atom. The first-order valence-corrected chi connectivity index (χ1v) is 7.42. The summed E-state index contributed by atoms with van der Waals surface area (Å²) >= 11 is 0. The van der Waals surface area contributed by atoms with Crippen LogP contribution in [0.4, 0.5) is 0 Å². The first kappa shape index (κ1) is 14.8. The van der Waals surface area contributed by atoms with E-state index >= 15 is 0 Å². The number of aromatic nitrogens is 1. The second-order valence-corrected chi connectivity index (χ2v) is 5.35. The predicted molar refractivity (Wildman–Crippen MR) is 79.7 cm³/mol. The molecule has 1 saturated carbocycles. The topological polar surface area (TPSA) is 74.7 Å². The fourth-order valence-electron chi connectivity index (χ4n) is 3.01. The van der Waals surface area contributed by atoms with Gasteiger partial charge in [-0.25, -0.2) is 0 Å². The first-order valence-electron chi connectivity index (χ1n) is 7.42. The minimum Gasteiger partial charge on any atom is -0.409 e. The molecule has 20 heavy (non-hydrogen) atoms. The third-order valence-corrected chi connectivity index (χ3v) is 4.11. The van der Waals surface area contributed by atoms with E-state index in [0.717, 1.165) is 18.7 Å². The minimum atomic E-state index is 0.0836. The smallest absolute Gasteiger partial charge is 0.189 e. The average molecular weight is 276 g/mol. The zero-order valence-electron chi connectivity index (χ0n) is 12.1. The first-order chi connectivity index (χ1) is 9.76. The van der Waals surface area contributed by atoms with Crippen molar-refractivity contribution in [3.63, 3.8) is 0 Å². The van der Waals surface area contributed by atoms with Crippen LogP contribution in [0.3, 0.4) is 0 Å². The monoisotopic (exact) mass is 276 g/mol. The molecule has 3 N–H and O–H groups in total. The van der Waals surface area contributed by atoms with Crippen LogP contribution in [0.2, 0.25) is 0 Å². The second-order valence-electron chi connectivity index (χ2n) is 5.35. The Kier molecular flexibility index (Phi) is 5.35. The SMILES string of the molecule is CCN(Cc1cccnc1C(N)=NO)C1CCCCC1. The summed E-state index contributed by atoms with van der Waals surface area (Å²) in [5, 5.41) is 11.9. The molecule has 0 radical (unpaired) electrons. The van der Waals surface area contributed by atoms with Crippen molar-refractivity contribution in [2.24, 2.45) is 10.9 Å². The lowest BCUT2D eigenvalue weighted by Crippen LogP contribution is -2.36. The van der Waals surface area contributed by atoms with Gasteiger partial charge in [0.2, 0.25) is 0 Å². The highest BCUT2D eigenvalue weighted by Crippen LogP contribution is 2.24. The standard InChI is InChI=1S/C15H24N4O/c1-2-19(13-8-4-3-5-9-13)11-12-7-6-10-17-14(12)15(16)18-20/h6-7,10,13,20H,2-5,8-9,11H2,1H3,(H2,16,18). The minimum absolute atomic E-state index is 0.0836. The molecule has 1 aliphatic carbocycles. The van der Waals surface area contributed by atoms with Crippen LogP contribution in [0.5, 0.6) is 0 Å². The molecule has 5 heteroatoms. The number of nitrogens with two attached hydrogens (primary N) is 1. The van der Waals surface area contributed by atoms with Crippen LogP contribution in [-0.4, -0.2) is 33.5 Å². The normalized spacial score (nSPS) is 17.6. The van der Waals surface area contributed by atoms with Crippen molar-refractivity contribution in [2.75, 3.05) is 6.54 Å². The molecule has 110 valence electrons. The predicted octanol–water partition coefficient (Wildman–Crippen LogP) is 2.33. The van der Waals surface area contributed by atoms with E-state index in [1.54, 1.807) is 6.20 Å². The van der Waals surface area contributed by atoms with Gasteiger partial charge in [0.05, 0.1) is 0 Å². The zero-order chi connectivity index (χ0) is 14.4. The fraction of sp³-hybridized carbons (Fsp3) is 0.600. The maximum Gasteiger partial charge on any atom is 0.189 e. The molecule has 1 aromatic heterocycles. The molecule has 1 fully saturated rings. The van der Waals surface area contributed by atoms with Crippen molar-refractivity contribution in [2.45, 2.75) is 51.6 Å². The number of rotatable bonds is 5. The van der Waals surface area contributed by atoms with Crippen LogP contribution in [0.25, 0.3) is 0 Å². The zero-order valence-corrected chi connectivity index (χ0v) is 12.1. The van der Waals surface area contributed by atoms with Crippen molar-refractivity contribution in [3.8, 4) is 0 Å². The fourth-order valence-corrected chi connectivity index (χ4v) is 3.01. The van der Waals surface area contributed by atoms with E-state index in [1.165, 1.54) is 32.1 Å². The van der Waals surface area contributed by atoms with Gasteiger partial charge >= 0.3 is 0 Å². The molecule has 1 heterocycles. The molecule has 0 atom stereocenters. The van der Waals surface area contributed by atoms with E-state index in [2.05, 4.69) is 22.0 Å². The molecule has 0 spiro atoms. The van der Waals surface area contributed by atoms with Gasteiger partial charge in [-0.3, -0.25) is 9.88 Å². The molecule has 0 bridgehead atoms. The summed E-state index contributed by atoms with van der Waals surface area (Å²) in [7, 11) is 0. The van der Waals surface area contributed by atoms with Crippen LogP contribution in [0.1, 0.15) is 50.3 Å². The summed E-state index contributed by atoms with van der Waals surface area (Å²) in [4.78, 5) is 6.72. The molecule has 0 unspecified atom stereocenters. The maximum atomic E-state index is 8.86. The summed E-state index contributed by atoms with van der Waals surface area (Å²) in [5.41, 5.74) is 7.32. The lowest BCUT2D eigenvalue weighted by molar-refractivity contribution is 0.155. The maximum absolute atomic E-state index is 8.86. The molecule has 0 aliphatic heterocycles. The summed E-state index contributed by atoms with van der Waals surface area (Å²) in [5.74, 6) is 0.0836. The Balaban J connectivity index is 2.14. The highest BCUT2D eigenvalue weighted by Gasteiger charge is 2.21. The summed E-state index contributed by atoms with van der Waals surface area (Å²) in [6.45, 7) is 4.00. The Morgan fingerprint density at radius 2 is 2.20 bits per heavy atom. The molecule has 5 nitrogen and oxygen atoms in total. The van der Waals surface area contributed by atoms with Gasteiger partial charge in [0, 0.05) is 18.8 Å². The van der Waals surface area contributed by atoms with Crippen LogP contribution < -0.4 is 5.73 Å². The van der Waals surface area contributed by atoms with E-state index in [0.29, 0.717) is 11.7 Å². The quantitative estimate of drug-likeness (QED) is 0.374. The molecule has 2 rings (SSSR count). The van der Waals surface area contributed by atoms with Crippen molar-refractivity contribution in [3.05, 3.63) is 29.6 Å². The van der Waals surface area contributed by atoms with Gasteiger partial charge in [0.25, 0.3) is 0 Å². The molecule has 1 aromatic rings. The number of oxime groups is 1. The average Bonchev–Trinajstić information content (AvgIpc) is 2.53. The van der Waals surface area contributed by atoms with E-state index < -0.39 is 0 Å². The van der Waals surface area contributed by atoms with Gasteiger partial charge in [-0.15, -0.1) is 0 Å². The van der Waals surface area contributed by atoms with Gasteiger partial charge < -0.3 is 10.9 Å². The summed E-state index contributed by atoms with van der Waals surface area (Å²) in [6, 6.07) is 4.55. The van der Waals surface area contributed by atoms with Gasteiger partial charge in [0.1, 0.15) is 5.69 Å². The number of pyridine rings is 1. The van der Waals surface area contributed by atoms with Crippen LogP contribution in [0.15, 0.2) is 23.5 Å². The molecule has 1 aliphatic rings. The van der Waals surface area contributed by atoms with Crippen molar-refractivity contribution in [1.29, 1.82) is 0 Å². The lowest BCUT2D eigenvalue weighted by atomic mass is 9.94. The molecule has 0 saturated heterocycles. The van der Waals surface area contributed by atoms with E-state index in [9.17, 15) is 0 Å². The largest absolute Gasteiger partial charge is 0.409 e. The summed E-state index contributed by atoms with van der Waals surface area (Å²) in [6.07, 6.45) is 8.21. The molecular formula is C15H24N4O. The third kappa shape index (κ3) is 3.48. The number of hydrogen-bond donors (Lipinski definition) is 2. The van der Waals surface area contributed by atoms with Gasteiger partial charge in [0.15, 0.2) is 5.84 Å². The summed E-state index contributed by atoms with van der Waals surface area (Å²) < 4.78 is 0. The number of amidine groups is 1. The van der Waals surface area contributed by atoms with Crippen molar-refractivity contribution >= 4 is 5.84 Å². The van der Waals surface area contributed by atoms with Gasteiger partial charge in [-0.1, -0.05) is 37.4 Å². The van der Waals surface area contributed by atoms with Crippen LogP contribution >= 0.6 is 0 Å².